The molecule has 14 heavy (non-hydrogen) atoms. The number of carbonyl (C=O) groups is 1. The zero-order chi connectivity index (χ0) is 11.7. The second-order valence-electron chi connectivity index (χ2n) is 3.45. The number of Topliss-reactive ketones (excluding diaryl/α,β-unsaturated/α-hetero) is 1. The van der Waals surface area contributed by atoms with E-state index in [1.165, 1.54) is 0 Å². The van der Waals surface area contributed by atoms with Crippen molar-refractivity contribution in [3.8, 4) is 0 Å². The molecule has 6 heteroatoms. The monoisotopic (exact) mass is 218 g/mol. The van der Waals surface area contributed by atoms with E-state index in [1.807, 2.05) is 0 Å². The Morgan fingerprint density at radius 1 is 1.07 bits per heavy atom. The van der Waals surface area contributed by atoms with E-state index in [0.29, 0.717) is 0 Å². The van der Waals surface area contributed by atoms with Gasteiger partial charge in [0.15, 0.2) is 0 Å². The molecule has 0 fully saturated rings. The lowest BCUT2D eigenvalue weighted by atomic mass is 9.86. The quantitative estimate of drug-likeness (QED) is 0.665. The standard InChI is InChI=1S/C8H11F5O/c1-4(2)6(5(3)14)7(9,10)8(11,12)13/h4,6H,1-3H3. The molecule has 0 N–H and O–H groups in total. The van der Waals surface area contributed by atoms with Gasteiger partial charge in [-0.2, -0.15) is 22.0 Å². The van der Waals surface area contributed by atoms with E-state index in [0.717, 1.165) is 20.8 Å². The van der Waals surface area contributed by atoms with Crippen molar-refractivity contribution in [2.24, 2.45) is 11.8 Å². The fourth-order valence-electron chi connectivity index (χ4n) is 1.32. The van der Waals surface area contributed by atoms with Gasteiger partial charge in [0, 0.05) is 0 Å². The van der Waals surface area contributed by atoms with Crippen LogP contribution < -0.4 is 0 Å². The predicted octanol–water partition coefficient (Wildman–Crippen LogP) is 3.05. The molecule has 0 aliphatic heterocycles. The highest BCUT2D eigenvalue weighted by Crippen LogP contribution is 2.44. The first-order chi connectivity index (χ1) is 6.01. The van der Waals surface area contributed by atoms with Crippen molar-refractivity contribution in [2.75, 3.05) is 0 Å². The summed E-state index contributed by atoms with van der Waals surface area (Å²) in [5.41, 5.74) is 0. The van der Waals surface area contributed by atoms with Crippen molar-refractivity contribution in [1.82, 2.24) is 0 Å². The van der Waals surface area contributed by atoms with Gasteiger partial charge in [-0.25, -0.2) is 0 Å². The molecule has 0 rings (SSSR count). The molecule has 0 bridgehead atoms. The molecule has 1 nitrogen and oxygen atoms in total. The highest BCUT2D eigenvalue weighted by atomic mass is 19.4. The Hall–Kier alpha value is -0.680. The number of halogens is 5. The Bertz CT molecular complexity index is 218. The lowest BCUT2D eigenvalue weighted by Crippen LogP contribution is -2.48. The summed E-state index contributed by atoms with van der Waals surface area (Å²) >= 11 is 0. The molecule has 0 amide bonds. The topological polar surface area (TPSA) is 17.1 Å². The Morgan fingerprint density at radius 3 is 1.50 bits per heavy atom. The average molecular weight is 218 g/mol. The van der Waals surface area contributed by atoms with E-state index in [2.05, 4.69) is 0 Å². The van der Waals surface area contributed by atoms with E-state index in [4.69, 9.17) is 0 Å². The van der Waals surface area contributed by atoms with Crippen molar-refractivity contribution < 1.29 is 26.7 Å². The third-order valence-electron chi connectivity index (χ3n) is 1.87. The first kappa shape index (κ1) is 13.3. The third kappa shape index (κ3) is 2.42. The van der Waals surface area contributed by atoms with Crippen LogP contribution in [0.1, 0.15) is 20.8 Å². The van der Waals surface area contributed by atoms with Gasteiger partial charge in [0.2, 0.25) is 0 Å². The maximum absolute atomic E-state index is 12.8. The molecular formula is C8H11F5O. The van der Waals surface area contributed by atoms with Crippen LogP contribution in [0.15, 0.2) is 0 Å². The van der Waals surface area contributed by atoms with Crippen LogP contribution >= 0.6 is 0 Å². The van der Waals surface area contributed by atoms with Crippen molar-refractivity contribution in [2.45, 2.75) is 32.9 Å². The van der Waals surface area contributed by atoms with Crippen LogP contribution in [0.2, 0.25) is 0 Å². The fourth-order valence-corrected chi connectivity index (χ4v) is 1.32. The van der Waals surface area contributed by atoms with Crippen LogP contribution in [-0.4, -0.2) is 17.9 Å². The Kier molecular flexibility index (Phi) is 3.64. The van der Waals surface area contributed by atoms with Gasteiger partial charge < -0.3 is 0 Å². The Morgan fingerprint density at radius 2 is 1.43 bits per heavy atom. The summed E-state index contributed by atoms with van der Waals surface area (Å²) in [4.78, 5) is 10.7. The molecule has 0 aliphatic carbocycles. The number of alkyl halides is 5. The summed E-state index contributed by atoms with van der Waals surface area (Å²) in [6.07, 6.45) is -5.67. The van der Waals surface area contributed by atoms with Gasteiger partial charge in [-0.05, 0) is 12.8 Å². The molecule has 0 aromatic rings. The second kappa shape index (κ2) is 3.82. The van der Waals surface area contributed by atoms with Crippen molar-refractivity contribution in [3.05, 3.63) is 0 Å². The minimum Gasteiger partial charge on any atom is -0.299 e. The summed E-state index contributed by atoms with van der Waals surface area (Å²) in [6.45, 7) is 3.06. The van der Waals surface area contributed by atoms with E-state index < -0.39 is 29.7 Å². The molecule has 84 valence electrons. The second-order valence-corrected chi connectivity index (χ2v) is 3.45. The number of carbonyl (C=O) groups excluding carboxylic acids is 1. The average Bonchev–Trinajstić information content (AvgIpc) is 1.79. The van der Waals surface area contributed by atoms with Crippen molar-refractivity contribution in [1.29, 1.82) is 0 Å². The molecule has 0 heterocycles. The van der Waals surface area contributed by atoms with Crippen LogP contribution in [0.5, 0.6) is 0 Å². The number of hydrogen-bond acceptors (Lipinski definition) is 1. The molecule has 0 aromatic heterocycles. The molecule has 0 radical (unpaired) electrons. The van der Waals surface area contributed by atoms with Gasteiger partial charge in [-0.15, -0.1) is 0 Å². The predicted molar refractivity (Wildman–Crippen MR) is 40.0 cm³/mol. The lowest BCUT2D eigenvalue weighted by Gasteiger charge is -2.29. The van der Waals surface area contributed by atoms with Crippen molar-refractivity contribution in [3.63, 3.8) is 0 Å². The molecule has 0 aliphatic rings. The summed E-state index contributed by atoms with van der Waals surface area (Å²) in [5.74, 6) is -9.46. The van der Waals surface area contributed by atoms with Crippen LogP contribution in [0.3, 0.4) is 0 Å². The smallest absolute Gasteiger partial charge is 0.299 e. The molecule has 0 spiro atoms. The van der Waals surface area contributed by atoms with Gasteiger partial charge in [0.05, 0.1) is 5.92 Å². The minimum atomic E-state index is -5.67. The Labute approximate surface area is 78.3 Å². The van der Waals surface area contributed by atoms with E-state index in [-0.39, 0.29) is 0 Å². The van der Waals surface area contributed by atoms with Gasteiger partial charge in [-0.1, -0.05) is 13.8 Å². The summed E-state index contributed by atoms with van der Waals surface area (Å²) in [7, 11) is 0. The van der Waals surface area contributed by atoms with Gasteiger partial charge in [0.1, 0.15) is 5.78 Å². The van der Waals surface area contributed by atoms with Crippen molar-refractivity contribution >= 4 is 5.78 Å². The largest absolute Gasteiger partial charge is 0.454 e. The van der Waals surface area contributed by atoms with Crippen LogP contribution in [-0.2, 0) is 4.79 Å². The van der Waals surface area contributed by atoms with Crippen LogP contribution in [0.25, 0.3) is 0 Å². The van der Waals surface area contributed by atoms with E-state index in [1.54, 1.807) is 0 Å². The highest BCUT2D eigenvalue weighted by molar-refractivity contribution is 5.79. The molecule has 0 saturated heterocycles. The number of ketones is 1. The summed E-state index contributed by atoms with van der Waals surface area (Å²) in [6, 6.07) is 0. The van der Waals surface area contributed by atoms with Gasteiger partial charge in [-0.3, -0.25) is 4.79 Å². The highest BCUT2D eigenvalue weighted by Gasteiger charge is 2.64. The maximum atomic E-state index is 12.8. The first-order valence-corrected chi connectivity index (χ1v) is 3.96. The van der Waals surface area contributed by atoms with Gasteiger partial charge in [0.25, 0.3) is 0 Å². The van der Waals surface area contributed by atoms with E-state index >= 15 is 0 Å². The van der Waals surface area contributed by atoms with E-state index in [9.17, 15) is 26.7 Å². The zero-order valence-electron chi connectivity index (χ0n) is 7.95. The molecule has 0 saturated carbocycles. The summed E-state index contributed by atoms with van der Waals surface area (Å²) in [5, 5.41) is 0. The summed E-state index contributed by atoms with van der Waals surface area (Å²) < 4.78 is 61.2. The minimum absolute atomic E-state index is 0.740. The molecular weight excluding hydrogens is 207 g/mol. The fraction of sp³-hybridized carbons (Fsp3) is 0.875. The number of rotatable bonds is 3. The number of hydrogen-bond donors (Lipinski definition) is 0. The van der Waals surface area contributed by atoms with Crippen LogP contribution in [0, 0.1) is 11.8 Å². The SMILES string of the molecule is CC(=O)C(C(C)C)C(F)(F)C(F)(F)F. The molecule has 1 atom stereocenters. The molecule has 0 aromatic carbocycles. The van der Waals surface area contributed by atoms with Gasteiger partial charge >= 0.3 is 12.1 Å². The van der Waals surface area contributed by atoms with Crippen LogP contribution in [0.4, 0.5) is 22.0 Å². The zero-order valence-corrected chi connectivity index (χ0v) is 7.95. The molecule has 1 unspecified atom stereocenters. The Balaban J connectivity index is 5.11. The maximum Gasteiger partial charge on any atom is 0.454 e. The lowest BCUT2D eigenvalue weighted by molar-refractivity contribution is -0.302. The normalized spacial score (nSPS) is 15.8. The first-order valence-electron chi connectivity index (χ1n) is 3.96. The third-order valence-corrected chi connectivity index (χ3v) is 1.87.